The summed E-state index contributed by atoms with van der Waals surface area (Å²) in [6, 6.07) is 3.52. The number of alkyl halides is 2. The summed E-state index contributed by atoms with van der Waals surface area (Å²) in [4.78, 5) is 32.1. The van der Waals surface area contributed by atoms with E-state index in [1.807, 2.05) is 0 Å². The average molecular weight is 381 g/mol. The first-order valence-corrected chi connectivity index (χ1v) is 8.96. The van der Waals surface area contributed by atoms with Crippen LogP contribution in [0.2, 0.25) is 0 Å². The summed E-state index contributed by atoms with van der Waals surface area (Å²) >= 11 is 0. The van der Waals surface area contributed by atoms with E-state index in [1.165, 1.54) is 0 Å². The Morgan fingerprint density at radius 3 is 2.81 bits per heavy atom. The number of halogens is 2. The van der Waals surface area contributed by atoms with Crippen LogP contribution in [-0.2, 0) is 19.1 Å². The van der Waals surface area contributed by atoms with Gasteiger partial charge < -0.3 is 19.3 Å². The first-order chi connectivity index (χ1) is 12.9. The fraction of sp³-hybridized carbons (Fsp3) is 0.611. The van der Waals surface area contributed by atoms with E-state index < -0.39 is 30.3 Å². The van der Waals surface area contributed by atoms with E-state index >= 15 is 0 Å². The Labute approximate surface area is 155 Å². The number of rotatable bonds is 2. The lowest BCUT2D eigenvalue weighted by Gasteiger charge is -2.44. The van der Waals surface area contributed by atoms with Crippen molar-refractivity contribution in [3.8, 4) is 0 Å². The number of aromatic nitrogens is 1. The fourth-order valence-corrected chi connectivity index (χ4v) is 3.83. The molecule has 1 unspecified atom stereocenters. The number of morpholine rings is 1. The zero-order valence-electron chi connectivity index (χ0n) is 14.8. The van der Waals surface area contributed by atoms with Crippen LogP contribution in [0.3, 0.4) is 0 Å². The Morgan fingerprint density at radius 2 is 2.11 bits per heavy atom. The van der Waals surface area contributed by atoms with Crippen LogP contribution in [0.15, 0.2) is 24.5 Å². The molecule has 1 spiro atoms. The molecule has 9 heteroatoms. The normalized spacial score (nSPS) is 28.7. The molecule has 0 bridgehead atoms. The predicted octanol–water partition coefficient (Wildman–Crippen LogP) is 1.09. The second kappa shape index (κ2) is 6.79. The highest BCUT2D eigenvalue weighted by Crippen LogP contribution is 2.43. The van der Waals surface area contributed by atoms with Gasteiger partial charge in [0.15, 0.2) is 0 Å². The summed E-state index contributed by atoms with van der Waals surface area (Å²) < 4.78 is 37.8. The number of amides is 2. The van der Waals surface area contributed by atoms with Crippen molar-refractivity contribution in [2.24, 2.45) is 5.92 Å². The van der Waals surface area contributed by atoms with Crippen molar-refractivity contribution in [1.82, 2.24) is 9.88 Å². The molecule has 4 rings (SSSR count). The van der Waals surface area contributed by atoms with Crippen molar-refractivity contribution in [3.05, 3.63) is 24.5 Å². The van der Waals surface area contributed by atoms with Gasteiger partial charge in [-0.1, -0.05) is 0 Å². The summed E-state index contributed by atoms with van der Waals surface area (Å²) in [5.41, 5.74) is -0.242. The minimum atomic E-state index is -2.74. The third kappa shape index (κ3) is 3.66. The summed E-state index contributed by atoms with van der Waals surface area (Å²) in [6.45, 7) is 1.14. The molecule has 146 valence electrons. The maximum absolute atomic E-state index is 13.2. The molecule has 3 aliphatic rings. The van der Waals surface area contributed by atoms with Crippen molar-refractivity contribution in [2.45, 2.75) is 24.4 Å². The summed E-state index contributed by atoms with van der Waals surface area (Å²) in [7, 11) is 0. The molecule has 2 aliphatic heterocycles. The maximum Gasteiger partial charge on any atom is 0.253 e. The summed E-state index contributed by atoms with van der Waals surface area (Å²) in [5, 5.41) is 0. The molecule has 2 saturated heterocycles. The second-order valence-electron chi connectivity index (χ2n) is 7.44. The highest BCUT2D eigenvalue weighted by atomic mass is 19.3. The van der Waals surface area contributed by atoms with Crippen LogP contribution in [0.4, 0.5) is 14.5 Å². The van der Waals surface area contributed by atoms with Crippen molar-refractivity contribution >= 4 is 17.5 Å². The van der Waals surface area contributed by atoms with Crippen LogP contribution in [0.5, 0.6) is 0 Å². The first-order valence-electron chi connectivity index (χ1n) is 8.96. The quantitative estimate of drug-likeness (QED) is 0.767. The summed E-state index contributed by atoms with van der Waals surface area (Å²) in [6.07, 6.45) is 2.40. The van der Waals surface area contributed by atoms with Crippen LogP contribution in [0.25, 0.3) is 0 Å². The lowest BCUT2D eigenvalue weighted by Crippen LogP contribution is -2.62. The number of hydrogen-bond donors (Lipinski definition) is 0. The van der Waals surface area contributed by atoms with Gasteiger partial charge in [0.05, 0.1) is 38.2 Å². The van der Waals surface area contributed by atoms with Gasteiger partial charge in [-0.3, -0.25) is 14.6 Å². The van der Waals surface area contributed by atoms with Gasteiger partial charge in [0.1, 0.15) is 12.2 Å². The number of pyridine rings is 1. The molecule has 3 heterocycles. The molecule has 0 N–H and O–H groups in total. The van der Waals surface area contributed by atoms with Gasteiger partial charge in [-0.25, -0.2) is 8.78 Å². The topological polar surface area (TPSA) is 72.0 Å². The molecular formula is C18H21F2N3O4. The van der Waals surface area contributed by atoms with E-state index in [0.717, 1.165) is 0 Å². The van der Waals surface area contributed by atoms with Gasteiger partial charge in [-0.05, 0) is 12.1 Å². The van der Waals surface area contributed by atoms with E-state index in [4.69, 9.17) is 9.47 Å². The predicted molar refractivity (Wildman–Crippen MR) is 90.3 cm³/mol. The zero-order chi connectivity index (χ0) is 19.1. The smallest absolute Gasteiger partial charge is 0.253 e. The number of ether oxygens (including phenoxy) is 2. The van der Waals surface area contributed by atoms with Crippen molar-refractivity contribution < 1.29 is 27.8 Å². The molecule has 1 aliphatic carbocycles. The van der Waals surface area contributed by atoms with Crippen LogP contribution in [0, 0.1) is 5.92 Å². The Balaban J connectivity index is 1.51. The van der Waals surface area contributed by atoms with Crippen LogP contribution < -0.4 is 4.90 Å². The van der Waals surface area contributed by atoms with Crippen molar-refractivity contribution in [2.75, 3.05) is 44.4 Å². The molecule has 3 fully saturated rings. The Morgan fingerprint density at radius 1 is 1.30 bits per heavy atom. The number of carbonyl (C=O) groups excluding carboxylic acids is 2. The zero-order valence-corrected chi connectivity index (χ0v) is 14.8. The summed E-state index contributed by atoms with van der Waals surface area (Å²) in [5.74, 6) is -3.89. The molecular weight excluding hydrogens is 360 g/mol. The standard InChI is InChI=1S/C18H21F2N3O4/c19-18(20)6-13(7-18)16(25)22-4-5-26-12-17(10-22)11-23(15(24)9-27-17)14-2-1-3-21-8-14/h1-3,8,13H,4-7,9-12H2. The van der Waals surface area contributed by atoms with Crippen LogP contribution in [0.1, 0.15) is 12.8 Å². The molecule has 1 atom stereocenters. The Hall–Kier alpha value is -2.13. The molecule has 27 heavy (non-hydrogen) atoms. The van der Waals surface area contributed by atoms with Crippen LogP contribution >= 0.6 is 0 Å². The highest BCUT2D eigenvalue weighted by molar-refractivity contribution is 5.95. The van der Waals surface area contributed by atoms with Crippen molar-refractivity contribution in [1.29, 1.82) is 0 Å². The largest absolute Gasteiger partial charge is 0.376 e. The third-order valence-electron chi connectivity index (χ3n) is 5.31. The van der Waals surface area contributed by atoms with Gasteiger partial charge >= 0.3 is 0 Å². The molecule has 1 aromatic heterocycles. The van der Waals surface area contributed by atoms with Crippen LogP contribution in [-0.4, -0.2) is 72.7 Å². The molecule has 1 saturated carbocycles. The number of nitrogens with zero attached hydrogens (tertiary/aromatic N) is 3. The van der Waals surface area contributed by atoms with Gasteiger partial charge in [0.25, 0.3) is 5.91 Å². The lowest BCUT2D eigenvalue weighted by molar-refractivity contribution is -0.165. The van der Waals surface area contributed by atoms with Gasteiger partial charge in [-0.15, -0.1) is 0 Å². The SMILES string of the molecule is O=C(C1CC(F)(F)C1)N1CCOCC2(C1)CN(c1cccnc1)C(=O)CO2. The molecule has 0 aromatic carbocycles. The van der Waals surface area contributed by atoms with Gasteiger partial charge in [0, 0.05) is 31.5 Å². The van der Waals surface area contributed by atoms with Gasteiger partial charge in [0.2, 0.25) is 11.8 Å². The third-order valence-corrected chi connectivity index (χ3v) is 5.31. The van der Waals surface area contributed by atoms with Gasteiger partial charge in [-0.2, -0.15) is 0 Å². The first kappa shape index (κ1) is 18.2. The monoisotopic (exact) mass is 381 g/mol. The maximum atomic E-state index is 13.2. The Kier molecular flexibility index (Phi) is 4.59. The van der Waals surface area contributed by atoms with E-state index in [-0.39, 0.29) is 38.1 Å². The molecule has 0 radical (unpaired) electrons. The van der Waals surface area contributed by atoms with E-state index in [0.29, 0.717) is 18.8 Å². The minimum absolute atomic E-state index is 0.137. The fourth-order valence-electron chi connectivity index (χ4n) is 3.83. The average Bonchev–Trinajstić information content (AvgIpc) is 2.85. The van der Waals surface area contributed by atoms with Crippen molar-refractivity contribution in [3.63, 3.8) is 0 Å². The minimum Gasteiger partial charge on any atom is -0.376 e. The molecule has 2 amide bonds. The van der Waals surface area contributed by atoms with E-state index in [9.17, 15) is 18.4 Å². The highest BCUT2D eigenvalue weighted by Gasteiger charge is 2.51. The van der Waals surface area contributed by atoms with E-state index in [1.54, 1.807) is 34.3 Å². The number of carbonyl (C=O) groups is 2. The lowest BCUT2D eigenvalue weighted by atomic mass is 9.80. The number of anilines is 1. The number of hydrogen-bond acceptors (Lipinski definition) is 5. The molecule has 7 nitrogen and oxygen atoms in total. The molecule has 1 aromatic rings. The second-order valence-corrected chi connectivity index (χ2v) is 7.44. The van der Waals surface area contributed by atoms with E-state index in [2.05, 4.69) is 4.98 Å². The Bertz CT molecular complexity index is 725.